The molecule has 0 bridgehead atoms. The van der Waals surface area contributed by atoms with E-state index in [1.807, 2.05) is 47.4 Å². The molecule has 0 radical (unpaired) electrons. The number of hydrogen-bond acceptors (Lipinski definition) is 2. The molecule has 4 nitrogen and oxygen atoms in total. The van der Waals surface area contributed by atoms with Gasteiger partial charge in [0.2, 0.25) is 0 Å². The first-order valence-corrected chi connectivity index (χ1v) is 7.04. The molecule has 2 amide bonds. The zero-order chi connectivity index (χ0) is 14.7. The van der Waals surface area contributed by atoms with Crippen molar-refractivity contribution >= 4 is 11.7 Å². The lowest BCUT2D eigenvalue weighted by atomic mass is 10.1. The molecule has 0 fully saturated rings. The van der Waals surface area contributed by atoms with E-state index in [9.17, 15) is 4.79 Å². The largest absolute Gasteiger partial charge is 0.497 e. The Morgan fingerprint density at radius 1 is 1.14 bits per heavy atom. The molecule has 0 unspecified atom stereocenters. The van der Waals surface area contributed by atoms with Crippen molar-refractivity contribution in [3.8, 4) is 5.75 Å². The summed E-state index contributed by atoms with van der Waals surface area (Å²) in [5.41, 5.74) is 3.35. The van der Waals surface area contributed by atoms with Crippen LogP contribution in [0.1, 0.15) is 11.1 Å². The fourth-order valence-electron chi connectivity index (χ4n) is 2.55. The molecule has 4 heteroatoms. The number of ether oxygens (including phenoxy) is 1. The highest BCUT2D eigenvalue weighted by atomic mass is 16.5. The van der Waals surface area contributed by atoms with Crippen LogP contribution < -0.4 is 15.0 Å². The molecular formula is C17H18N2O2. The Morgan fingerprint density at radius 2 is 1.90 bits per heavy atom. The van der Waals surface area contributed by atoms with Crippen molar-refractivity contribution in [2.75, 3.05) is 18.6 Å². The average Bonchev–Trinajstić information content (AvgIpc) is 2.54. The molecule has 2 aromatic rings. The number of carbonyl (C=O) groups excluding carboxylic acids is 1. The lowest BCUT2D eigenvalue weighted by Crippen LogP contribution is -2.45. The van der Waals surface area contributed by atoms with Gasteiger partial charge in [-0.2, -0.15) is 0 Å². The number of carbonyl (C=O) groups is 1. The van der Waals surface area contributed by atoms with Crippen LogP contribution in [0, 0.1) is 0 Å². The number of anilines is 1. The zero-order valence-corrected chi connectivity index (χ0v) is 12.0. The summed E-state index contributed by atoms with van der Waals surface area (Å²) in [5.74, 6) is 0.847. The van der Waals surface area contributed by atoms with Gasteiger partial charge in [-0.05, 0) is 35.7 Å². The van der Waals surface area contributed by atoms with Crippen molar-refractivity contribution in [2.45, 2.75) is 13.0 Å². The number of rotatable bonds is 4. The van der Waals surface area contributed by atoms with Gasteiger partial charge in [0, 0.05) is 13.1 Å². The SMILES string of the molecule is COc1ccc(CCN2C(=O)NCc3ccccc32)cc1. The van der Waals surface area contributed by atoms with Crippen LogP contribution in [0.15, 0.2) is 48.5 Å². The van der Waals surface area contributed by atoms with E-state index in [1.165, 1.54) is 5.56 Å². The van der Waals surface area contributed by atoms with E-state index in [0.717, 1.165) is 23.4 Å². The number of benzene rings is 2. The maximum absolute atomic E-state index is 12.1. The molecule has 21 heavy (non-hydrogen) atoms. The van der Waals surface area contributed by atoms with Gasteiger partial charge in [-0.1, -0.05) is 30.3 Å². The maximum atomic E-state index is 12.1. The Bertz CT molecular complexity index is 637. The third kappa shape index (κ3) is 2.84. The number of para-hydroxylation sites is 1. The van der Waals surface area contributed by atoms with Crippen molar-refractivity contribution in [2.24, 2.45) is 0 Å². The third-order valence-electron chi connectivity index (χ3n) is 3.74. The molecule has 0 aromatic heterocycles. The summed E-state index contributed by atoms with van der Waals surface area (Å²) in [6, 6.07) is 16.0. The summed E-state index contributed by atoms with van der Waals surface area (Å²) >= 11 is 0. The van der Waals surface area contributed by atoms with Crippen LogP contribution in [0.5, 0.6) is 5.75 Å². The van der Waals surface area contributed by atoms with Crippen LogP contribution in [0.3, 0.4) is 0 Å². The fraction of sp³-hybridized carbons (Fsp3) is 0.235. The second-order valence-corrected chi connectivity index (χ2v) is 5.04. The molecule has 3 rings (SSSR count). The van der Waals surface area contributed by atoms with Crippen molar-refractivity contribution in [3.63, 3.8) is 0 Å². The Hall–Kier alpha value is -2.49. The smallest absolute Gasteiger partial charge is 0.322 e. The van der Waals surface area contributed by atoms with Crippen LogP contribution in [0.2, 0.25) is 0 Å². The molecule has 0 atom stereocenters. The Balaban J connectivity index is 1.73. The van der Waals surface area contributed by atoms with Crippen LogP contribution in [0.25, 0.3) is 0 Å². The normalized spacial score (nSPS) is 13.6. The molecule has 0 spiro atoms. The van der Waals surface area contributed by atoms with Crippen molar-refractivity contribution in [1.82, 2.24) is 5.32 Å². The number of nitrogens with zero attached hydrogens (tertiary/aromatic N) is 1. The Labute approximate surface area is 124 Å². The van der Waals surface area contributed by atoms with Crippen LogP contribution >= 0.6 is 0 Å². The van der Waals surface area contributed by atoms with Gasteiger partial charge in [-0.25, -0.2) is 4.79 Å². The van der Waals surface area contributed by atoms with Crippen LogP contribution in [-0.2, 0) is 13.0 Å². The molecule has 1 heterocycles. The minimum atomic E-state index is -0.0257. The van der Waals surface area contributed by atoms with Gasteiger partial charge in [0.25, 0.3) is 0 Å². The summed E-state index contributed by atoms with van der Waals surface area (Å²) in [5, 5.41) is 2.91. The van der Waals surface area contributed by atoms with Crippen molar-refractivity contribution < 1.29 is 9.53 Å². The molecule has 1 N–H and O–H groups in total. The minimum absolute atomic E-state index is 0.0257. The van der Waals surface area contributed by atoms with E-state index in [2.05, 4.69) is 11.4 Å². The molecule has 1 aliphatic heterocycles. The van der Waals surface area contributed by atoms with Gasteiger partial charge in [-0.3, -0.25) is 4.90 Å². The molecule has 0 saturated carbocycles. The second kappa shape index (κ2) is 5.87. The minimum Gasteiger partial charge on any atom is -0.497 e. The van der Waals surface area contributed by atoms with E-state index >= 15 is 0 Å². The van der Waals surface area contributed by atoms with E-state index in [1.54, 1.807) is 7.11 Å². The van der Waals surface area contributed by atoms with Gasteiger partial charge in [0.1, 0.15) is 5.75 Å². The Kier molecular flexibility index (Phi) is 3.77. The monoisotopic (exact) mass is 282 g/mol. The quantitative estimate of drug-likeness (QED) is 0.936. The molecule has 0 aliphatic carbocycles. The number of amides is 2. The Morgan fingerprint density at radius 3 is 2.67 bits per heavy atom. The van der Waals surface area contributed by atoms with E-state index < -0.39 is 0 Å². The summed E-state index contributed by atoms with van der Waals surface area (Å²) < 4.78 is 5.15. The van der Waals surface area contributed by atoms with Gasteiger partial charge >= 0.3 is 6.03 Å². The summed E-state index contributed by atoms with van der Waals surface area (Å²) in [6.45, 7) is 1.27. The topological polar surface area (TPSA) is 41.6 Å². The predicted octanol–water partition coefficient (Wildman–Crippen LogP) is 2.97. The number of hydrogen-bond donors (Lipinski definition) is 1. The van der Waals surface area contributed by atoms with Crippen LogP contribution in [-0.4, -0.2) is 19.7 Å². The highest BCUT2D eigenvalue weighted by Crippen LogP contribution is 2.24. The molecule has 2 aromatic carbocycles. The second-order valence-electron chi connectivity index (χ2n) is 5.04. The number of urea groups is 1. The number of methoxy groups -OCH3 is 1. The standard InChI is InChI=1S/C17H18N2O2/c1-21-15-8-6-13(7-9-15)10-11-19-16-5-3-2-4-14(16)12-18-17(19)20/h2-9H,10-12H2,1H3,(H,18,20). The fourth-order valence-corrected chi connectivity index (χ4v) is 2.55. The highest BCUT2D eigenvalue weighted by molar-refractivity contribution is 5.94. The average molecular weight is 282 g/mol. The molecule has 0 saturated heterocycles. The van der Waals surface area contributed by atoms with E-state index in [0.29, 0.717) is 13.1 Å². The lowest BCUT2D eigenvalue weighted by molar-refractivity contribution is 0.244. The number of nitrogens with one attached hydrogen (secondary N) is 1. The predicted molar refractivity (Wildman–Crippen MR) is 82.7 cm³/mol. The molecule has 108 valence electrons. The molecule has 1 aliphatic rings. The summed E-state index contributed by atoms with van der Waals surface area (Å²) in [6.07, 6.45) is 0.811. The summed E-state index contributed by atoms with van der Waals surface area (Å²) in [4.78, 5) is 13.9. The first-order chi connectivity index (χ1) is 10.3. The van der Waals surface area contributed by atoms with E-state index in [-0.39, 0.29) is 6.03 Å². The highest BCUT2D eigenvalue weighted by Gasteiger charge is 2.22. The van der Waals surface area contributed by atoms with Gasteiger partial charge < -0.3 is 10.1 Å². The van der Waals surface area contributed by atoms with E-state index in [4.69, 9.17) is 4.74 Å². The van der Waals surface area contributed by atoms with Gasteiger partial charge in [-0.15, -0.1) is 0 Å². The van der Waals surface area contributed by atoms with Gasteiger partial charge in [0.05, 0.1) is 12.8 Å². The van der Waals surface area contributed by atoms with Gasteiger partial charge in [0.15, 0.2) is 0 Å². The first kappa shape index (κ1) is 13.5. The molecular weight excluding hydrogens is 264 g/mol. The number of fused-ring (bicyclic) bond motifs is 1. The van der Waals surface area contributed by atoms with Crippen molar-refractivity contribution in [1.29, 1.82) is 0 Å². The maximum Gasteiger partial charge on any atom is 0.322 e. The zero-order valence-electron chi connectivity index (χ0n) is 12.0. The van der Waals surface area contributed by atoms with Crippen LogP contribution in [0.4, 0.5) is 10.5 Å². The third-order valence-corrected chi connectivity index (χ3v) is 3.74. The van der Waals surface area contributed by atoms with Crippen molar-refractivity contribution in [3.05, 3.63) is 59.7 Å². The summed E-state index contributed by atoms with van der Waals surface area (Å²) in [7, 11) is 1.66. The lowest BCUT2D eigenvalue weighted by Gasteiger charge is -2.30. The first-order valence-electron chi connectivity index (χ1n) is 7.04.